The average Bonchev–Trinajstić information content (AvgIpc) is 3.32. The summed E-state index contributed by atoms with van der Waals surface area (Å²) in [6.07, 6.45) is 17.9. The van der Waals surface area contributed by atoms with Gasteiger partial charge in [-0.2, -0.15) is 0 Å². The van der Waals surface area contributed by atoms with Crippen LogP contribution in [-0.2, 0) is 4.79 Å². The van der Waals surface area contributed by atoms with Crippen molar-refractivity contribution in [3.63, 3.8) is 0 Å². The molecule has 1 amide bonds. The third-order valence-electron chi connectivity index (χ3n) is 13.1. The van der Waals surface area contributed by atoms with E-state index in [4.69, 9.17) is 11.5 Å². The fourth-order valence-electron chi connectivity index (χ4n) is 10.9. The minimum absolute atomic E-state index is 0.239. The predicted octanol–water partition coefficient (Wildman–Crippen LogP) is 5.93. The molecule has 0 radical (unpaired) electrons. The zero-order chi connectivity index (χ0) is 30.3. The Morgan fingerprint density at radius 3 is 2.21 bits per heavy atom. The number of rotatable bonds is 16. The SMILES string of the molecule is CC(C)NC(=O)CC[C@@H](C)C1CCC2C3CCC4C[C@@H](NCCCN(CCCN)CCCN)CC[C@]4(C)C3CC[C@@]21C. The van der Waals surface area contributed by atoms with Crippen molar-refractivity contribution < 1.29 is 4.79 Å². The van der Waals surface area contributed by atoms with E-state index in [2.05, 4.69) is 50.2 Å². The highest BCUT2D eigenvalue weighted by Crippen LogP contribution is 2.68. The number of carbonyl (C=O) groups is 1. The van der Waals surface area contributed by atoms with Gasteiger partial charge in [0.15, 0.2) is 0 Å². The molecule has 42 heavy (non-hydrogen) atoms. The summed E-state index contributed by atoms with van der Waals surface area (Å²) in [5.41, 5.74) is 12.6. The second-order valence-corrected chi connectivity index (χ2v) is 16.0. The lowest BCUT2D eigenvalue weighted by atomic mass is 9.44. The van der Waals surface area contributed by atoms with Gasteiger partial charge in [-0.25, -0.2) is 0 Å². The Labute approximate surface area is 259 Å². The summed E-state index contributed by atoms with van der Waals surface area (Å²) >= 11 is 0. The second-order valence-electron chi connectivity index (χ2n) is 16.0. The van der Waals surface area contributed by atoms with Crippen LogP contribution in [0.5, 0.6) is 0 Å². The number of amides is 1. The van der Waals surface area contributed by atoms with Gasteiger partial charge in [0.25, 0.3) is 0 Å². The smallest absolute Gasteiger partial charge is 0.220 e. The summed E-state index contributed by atoms with van der Waals surface area (Å²) in [4.78, 5) is 14.9. The molecule has 4 aliphatic carbocycles. The van der Waals surface area contributed by atoms with Crippen molar-refractivity contribution >= 4 is 5.91 Å². The number of hydrogen-bond acceptors (Lipinski definition) is 5. The summed E-state index contributed by atoms with van der Waals surface area (Å²) in [7, 11) is 0. The third kappa shape index (κ3) is 7.93. The summed E-state index contributed by atoms with van der Waals surface area (Å²) < 4.78 is 0. The van der Waals surface area contributed by atoms with Crippen LogP contribution in [0.1, 0.15) is 125 Å². The number of fused-ring (bicyclic) bond motifs is 5. The molecule has 0 bridgehead atoms. The summed E-state index contributed by atoms with van der Waals surface area (Å²) in [6, 6.07) is 0.951. The van der Waals surface area contributed by atoms with E-state index in [-0.39, 0.29) is 11.9 Å². The molecule has 4 saturated carbocycles. The Hall–Kier alpha value is -0.690. The summed E-state index contributed by atoms with van der Waals surface area (Å²) in [5, 5.41) is 7.10. The van der Waals surface area contributed by atoms with Gasteiger partial charge < -0.3 is 27.0 Å². The first-order valence-corrected chi connectivity index (χ1v) is 18.3. The van der Waals surface area contributed by atoms with E-state index < -0.39 is 0 Å². The van der Waals surface area contributed by atoms with Crippen molar-refractivity contribution in [3.8, 4) is 0 Å². The second kappa shape index (κ2) is 15.5. The lowest BCUT2D eigenvalue weighted by Gasteiger charge is -2.61. The van der Waals surface area contributed by atoms with E-state index in [0.29, 0.717) is 29.2 Å². The molecule has 0 aliphatic heterocycles. The minimum atomic E-state index is 0.239. The topological polar surface area (TPSA) is 96.4 Å². The van der Waals surface area contributed by atoms with Crippen molar-refractivity contribution in [1.82, 2.24) is 15.5 Å². The molecule has 5 unspecified atom stereocenters. The van der Waals surface area contributed by atoms with E-state index in [9.17, 15) is 4.79 Å². The van der Waals surface area contributed by atoms with Gasteiger partial charge in [0.05, 0.1) is 0 Å². The van der Waals surface area contributed by atoms with Gasteiger partial charge >= 0.3 is 0 Å². The molecule has 6 N–H and O–H groups in total. The van der Waals surface area contributed by atoms with Crippen molar-refractivity contribution in [2.45, 2.75) is 137 Å². The van der Waals surface area contributed by atoms with Crippen LogP contribution < -0.4 is 22.1 Å². The molecule has 0 aromatic heterocycles. The molecule has 0 aromatic rings. The number of nitrogens with zero attached hydrogens (tertiary/aromatic N) is 1. The van der Waals surface area contributed by atoms with Crippen LogP contribution in [0.3, 0.4) is 0 Å². The van der Waals surface area contributed by atoms with Gasteiger partial charge in [0.2, 0.25) is 5.91 Å². The molecule has 4 aliphatic rings. The van der Waals surface area contributed by atoms with Crippen LogP contribution in [0.4, 0.5) is 0 Å². The summed E-state index contributed by atoms with van der Waals surface area (Å²) in [5.74, 6) is 5.35. The maximum atomic E-state index is 12.4. The van der Waals surface area contributed by atoms with Crippen LogP contribution >= 0.6 is 0 Å². The maximum Gasteiger partial charge on any atom is 0.220 e. The fourth-order valence-corrected chi connectivity index (χ4v) is 10.9. The lowest BCUT2D eigenvalue weighted by Crippen LogP contribution is -2.55. The average molecular weight is 588 g/mol. The highest BCUT2D eigenvalue weighted by Gasteiger charge is 2.60. The van der Waals surface area contributed by atoms with Crippen molar-refractivity contribution in [2.75, 3.05) is 39.3 Å². The molecular formula is C36H69N5O. The molecular weight excluding hydrogens is 518 g/mol. The largest absolute Gasteiger partial charge is 0.354 e. The first-order chi connectivity index (χ1) is 20.1. The van der Waals surface area contributed by atoms with E-state index >= 15 is 0 Å². The fraction of sp³-hybridized carbons (Fsp3) is 0.972. The molecule has 6 heteroatoms. The number of carbonyl (C=O) groups excluding carboxylic acids is 1. The van der Waals surface area contributed by atoms with Crippen LogP contribution in [-0.4, -0.2) is 62.2 Å². The van der Waals surface area contributed by atoms with Crippen molar-refractivity contribution in [2.24, 2.45) is 57.8 Å². The minimum Gasteiger partial charge on any atom is -0.354 e. The van der Waals surface area contributed by atoms with E-state index in [1.54, 1.807) is 0 Å². The predicted molar refractivity (Wildman–Crippen MR) is 177 cm³/mol. The number of hydrogen-bond donors (Lipinski definition) is 4. The maximum absolute atomic E-state index is 12.4. The van der Waals surface area contributed by atoms with Crippen molar-refractivity contribution in [3.05, 3.63) is 0 Å². The van der Waals surface area contributed by atoms with Gasteiger partial charge in [-0.1, -0.05) is 20.8 Å². The molecule has 4 fully saturated rings. The third-order valence-corrected chi connectivity index (χ3v) is 13.1. The Morgan fingerprint density at radius 2 is 1.52 bits per heavy atom. The first-order valence-electron chi connectivity index (χ1n) is 18.3. The van der Waals surface area contributed by atoms with Gasteiger partial charge in [0.1, 0.15) is 0 Å². The first kappa shape index (κ1) is 34.2. The highest BCUT2D eigenvalue weighted by atomic mass is 16.1. The Morgan fingerprint density at radius 1 is 0.857 bits per heavy atom. The lowest BCUT2D eigenvalue weighted by molar-refractivity contribution is -0.123. The van der Waals surface area contributed by atoms with Crippen LogP contribution in [0.15, 0.2) is 0 Å². The molecule has 244 valence electrons. The van der Waals surface area contributed by atoms with Crippen LogP contribution in [0.2, 0.25) is 0 Å². The quantitative estimate of drug-likeness (QED) is 0.168. The zero-order valence-electron chi connectivity index (χ0n) is 28.3. The Kier molecular flexibility index (Phi) is 12.7. The molecule has 0 aromatic carbocycles. The van der Waals surface area contributed by atoms with Crippen LogP contribution in [0, 0.1) is 46.3 Å². The molecule has 9 atom stereocenters. The molecule has 0 saturated heterocycles. The zero-order valence-corrected chi connectivity index (χ0v) is 28.3. The van der Waals surface area contributed by atoms with Gasteiger partial charge in [-0.3, -0.25) is 4.79 Å². The highest BCUT2D eigenvalue weighted by molar-refractivity contribution is 5.76. The molecule has 0 spiro atoms. The standard InChI is InChI=1S/C36H69N5O/c1-26(2)40-34(42)14-9-27(3)31-12-13-32-30-11-10-28-25-29(15-17-35(28,4)33(30)16-18-36(31,32)5)39-21-8-24-41(22-6-19-37)23-7-20-38/h26-33,39H,6-25,37-38H2,1-5H3,(H,40,42)/t27-,28?,29+,30?,31?,32?,33?,35+,36-/m1/s1. The van der Waals surface area contributed by atoms with Gasteiger partial charge in [-0.05, 0) is 183 Å². The van der Waals surface area contributed by atoms with E-state index in [1.165, 1.54) is 64.2 Å². The number of nitrogens with one attached hydrogen (secondary N) is 2. The number of nitrogens with two attached hydrogens (primary N) is 2. The Balaban J connectivity index is 1.26. The van der Waals surface area contributed by atoms with E-state index in [0.717, 1.165) is 88.1 Å². The van der Waals surface area contributed by atoms with Gasteiger partial charge in [-0.15, -0.1) is 0 Å². The summed E-state index contributed by atoms with van der Waals surface area (Å²) in [6.45, 7) is 18.0. The molecule has 6 nitrogen and oxygen atoms in total. The Bertz CT molecular complexity index is 828. The monoisotopic (exact) mass is 588 g/mol. The molecule has 4 rings (SSSR count). The van der Waals surface area contributed by atoms with Crippen LogP contribution in [0.25, 0.3) is 0 Å². The van der Waals surface area contributed by atoms with Gasteiger partial charge in [0, 0.05) is 18.5 Å². The van der Waals surface area contributed by atoms with Crippen molar-refractivity contribution in [1.29, 1.82) is 0 Å². The molecule has 0 heterocycles. The normalized spacial score (nSPS) is 36.9. The van der Waals surface area contributed by atoms with E-state index in [1.807, 2.05) is 0 Å².